The van der Waals surface area contributed by atoms with Gasteiger partial charge in [0.25, 0.3) is 0 Å². The summed E-state index contributed by atoms with van der Waals surface area (Å²) in [5.74, 6) is -1.28. The van der Waals surface area contributed by atoms with Gasteiger partial charge in [0, 0.05) is 6.21 Å². The van der Waals surface area contributed by atoms with Gasteiger partial charge in [-0.05, 0) is 6.42 Å². The van der Waals surface area contributed by atoms with E-state index >= 15 is 0 Å². The number of hydrogen-bond acceptors (Lipinski definition) is 4. The second-order valence-electron chi connectivity index (χ2n) is 2.75. The zero-order valence-electron chi connectivity index (χ0n) is 8.83. The lowest BCUT2D eigenvalue weighted by Gasteiger charge is -2.10. The van der Waals surface area contributed by atoms with E-state index in [0.29, 0.717) is 0 Å². The van der Waals surface area contributed by atoms with Crippen molar-refractivity contribution in [2.45, 2.75) is 25.9 Å². The molecule has 1 amide bonds. The van der Waals surface area contributed by atoms with Crippen molar-refractivity contribution in [3.63, 3.8) is 0 Å². The minimum Gasteiger partial charge on any atom is -0.466 e. The second kappa shape index (κ2) is 8.23. The molecular weight excluding hydrogens is 220 g/mol. The topological polar surface area (TPSA) is 67.8 Å². The number of nitrogens with one attached hydrogen (secondary N) is 1. The molecule has 0 aliphatic carbocycles. The summed E-state index contributed by atoms with van der Waals surface area (Å²) in [7, 11) is 1.23. The van der Waals surface area contributed by atoms with Gasteiger partial charge >= 0.3 is 5.97 Å². The van der Waals surface area contributed by atoms with Gasteiger partial charge in [-0.3, -0.25) is 9.79 Å². The van der Waals surface area contributed by atoms with E-state index in [-0.39, 0.29) is 5.88 Å². The maximum atomic E-state index is 11.2. The molecule has 0 aromatic rings. The number of carbonyl (C=O) groups is 2. The highest BCUT2D eigenvalue weighted by Crippen LogP contribution is 1.92. The van der Waals surface area contributed by atoms with Gasteiger partial charge in [-0.1, -0.05) is 13.3 Å². The number of hydrogen-bond donors (Lipinski definition) is 1. The van der Waals surface area contributed by atoms with Crippen molar-refractivity contribution >= 4 is 29.7 Å². The van der Waals surface area contributed by atoms with Crippen LogP contribution in [0.2, 0.25) is 0 Å². The summed E-state index contributed by atoms with van der Waals surface area (Å²) in [5, 5.41) is 2.33. The van der Waals surface area contributed by atoms with Crippen molar-refractivity contribution in [3.8, 4) is 0 Å². The predicted octanol–water partition coefficient (Wildman–Crippen LogP) is 0.711. The molecule has 6 heteroatoms. The molecule has 0 fully saturated rings. The molecule has 0 heterocycles. The van der Waals surface area contributed by atoms with Gasteiger partial charge in [-0.15, -0.1) is 11.6 Å². The van der Waals surface area contributed by atoms with E-state index in [4.69, 9.17) is 11.6 Å². The summed E-state index contributed by atoms with van der Waals surface area (Å²) >= 11 is 5.29. The molecule has 0 unspecified atom stereocenters. The van der Waals surface area contributed by atoms with E-state index in [9.17, 15) is 9.59 Å². The maximum absolute atomic E-state index is 11.2. The van der Waals surface area contributed by atoms with Crippen molar-refractivity contribution < 1.29 is 14.3 Å². The maximum Gasteiger partial charge on any atom is 0.351 e. The largest absolute Gasteiger partial charge is 0.466 e. The lowest BCUT2D eigenvalue weighted by Crippen LogP contribution is -2.40. The molecule has 0 saturated carbocycles. The molecule has 0 aliphatic heterocycles. The molecule has 0 aromatic heterocycles. The average Bonchev–Trinajstić information content (AvgIpc) is 2.26. The molecule has 0 bridgehead atoms. The summed E-state index contributed by atoms with van der Waals surface area (Å²) in [5.41, 5.74) is 0. The molecule has 0 radical (unpaired) electrons. The lowest BCUT2D eigenvalue weighted by atomic mass is 10.3. The summed E-state index contributed by atoms with van der Waals surface area (Å²) in [6, 6.07) is 0. The fourth-order valence-electron chi connectivity index (χ4n) is 0.769. The number of unbranched alkanes of at least 4 members (excludes halogenated alkanes) is 1. The van der Waals surface area contributed by atoms with Crippen molar-refractivity contribution in [1.82, 2.24) is 5.32 Å². The zero-order valence-corrected chi connectivity index (χ0v) is 9.58. The van der Waals surface area contributed by atoms with Gasteiger partial charge in [-0.25, -0.2) is 4.79 Å². The number of carbonyl (C=O) groups excluding carboxylic acids is 2. The number of nitrogens with zero attached hydrogens (tertiary/aromatic N) is 1. The van der Waals surface area contributed by atoms with Crippen LogP contribution < -0.4 is 5.32 Å². The first kappa shape index (κ1) is 13.9. The fourth-order valence-corrected chi connectivity index (χ4v) is 0.846. The highest BCUT2D eigenvalue weighted by molar-refractivity contribution is 6.27. The smallest absolute Gasteiger partial charge is 0.351 e. The van der Waals surface area contributed by atoms with Gasteiger partial charge in [0.1, 0.15) is 5.88 Å². The van der Waals surface area contributed by atoms with Gasteiger partial charge in [0.2, 0.25) is 12.1 Å². The van der Waals surface area contributed by atoms with Gasteiger partial charge in [0.05, 0.1) is 7.11 Å². The van der Waals surface area contributed by atoms with Crippen LogP contribution in [0, 0.1) is 0 Å². The number of methoxy groups -OCH3 is 1. The first-order chi connectivity index (χ1) is 7.15. The van der Waals surface area contributed by atoms with Crippen LogP contribution in [0.15, 0.2) is 4.99 Å². The molecule has 0 spiro atoms. The van der Waals surface area contributed by atoms with Crippen LogP contribution in [-0.2, 0) is 14.3 Å². The monoisotopic (exact) mass is 234 g/mol. The molecule has 15 heavy (non-hydrogen) atoms. The first-order valence-electron chi connectivity index (χ1n) is 4.60. The minimum absolute atomic E-state index is 0.212. The van der Waals surface area contributed by atoms with Crippen molar-refractivity contribution in [2.75, 3.05) is 13.0 Å². The van der Waals surface area contributed by atoms with Crippen LogP contribution in [-0.4, -0.2) is 37.2 Å². The van der Waals surface area contributed by atoms with E-state index in [0.717, 1.165) is 12.8 Å². The van der Waals surface area contributed by atoms with E-state index in [1.54, 1.807) is 6.21 Å². The van der Waals surface area contributed by atoms with E-state index in [1.807, 2.05) is 6.92 Å². The van der Waals surface area contributed by atoms with Gasteiger partial charge < -0.3 is 10.1 Å². The predicted molar refractivity (Wildman–Crippen MR) is 58.1 cm³/mol. The number of amides is 1. The molecule has 0 aromatic carbocycles. The van der Waals surface area contributed by atoms with Crippen molar-refractivity contribution in [1.29, 1.82) is 0 Å². The summed E-state index contributed by atoms with van der Waals surface area (Å²) < 4.78 is 4.48. The molecule has 1 atom stereocenters. The van der Waals surface area contributed by atoms with E-state index in [1.165, 1.54) is 7.11 Å². The molecule has 1 N–H and O–H groups in total. The molecule has 0 rings (SSSR count). The van der Waals surface area contributed by atoms with Crippen LogP contribution in [0.25, 0.3) is 0 Å². The quantitative estimate of drug-likeness (QED) is 0.418. The molecule has 86 valence electrons. The normalized spacial score (nSPS) is 12.5. The zero-order chi connectivity index (χ0) is 11.7. The fraction of sp³-hybridized carbons (Fsp3) is 0.667. The standard InChI is InChI=1S/C9H15ClN2O3/c1-3-4-5-11-8(9(14)15-2)12-7(13)6-10/h5,8H,3-4,6H2,1-2H3,(H,12,13)/t8-/m1/s1. The Morgan fingerprint density at radius 1 is 1.60 bits per heavy atom. The lowest BCUT2D eigenvalue weighted by molar-refractivity contribution is -0.144. The van der Waals surface area contributed by atoms with Gasteiger partial charge in [-0.2, -0.15) is 0 Å². The molecule has 5 nitrogen and oxygen atoms in total. The Kier molecular flexibility index (Phi) is 7.62. The van der Waals surface area contributed by atoms with Crippen LogP contribution in [0.5, 0.6) is 0 Å². The summed E-state index contributed by atoms with van der Waals surface area (Å²) in [6.45, 7) is 1.98. The summed E-state index contributed by atoms with van der Waals surface area (Å²) in [6.07, 6.45) is 2.24. The third-order valence-corrected chi connectivity index (χ3v) is 1.76. The molecule has 0 aliphatic rings. The van der Waals surface area contributed by atoms with E-state index < -0.39 is 18.0 Å². The Morgan fingerprint density at radius 3 is 2.73 bits per heavy atom. The van der Waals surface area contributed by atoms with Crippen LogP contribution in [0.4, 0.5) is 0 Å². The average molecular weight is 235 g/mol. The van der Waals surface area contributed by atoms with Crippen LogP contribution in [0.3, 0.4) is 0 Å². The number of ether oxygens (including phenoxy) is 1. The number of rotatable bonds is 6. The number of esters is 1. The Bertz CT molecular complexity index is 244. The number of alkyl halides is 1. The van der Waals surface area contributed by atoms with E-state index in [2.05, 4.69) is 15.0 Å². The van der Waals surface area contributed by atoms with Crippen LogP contribution >= 0.6 is 11.6 Å². The Balaban J connectivity index is 4.31. The van der Waals surface area contributed by atoms with Gasteiger partial charge in [0.15, 0.2) is 0 Å². The SMILES string of the molecule is CCCC=N[C@H](NC(=O)CCl)C(=O)OC. The molecule has 0 saturated heterocycles. The third-order valence-electron chi connectivity index (χ3n) is 1.52. The highest BCUT2D eigenvalue weighted by atomic mass is 35.5. The van der Waals surface area contributed by atoms with Crippen molar-refractivity contribution in [3.05, 3.63) is 0 Å². The first-order valence-corrected chi connectivity index (χ1v) is 5.14. The number of halogens is 1. The van der Waals surface area contributed by atoms with Crippen LogP contribution in [0.1, 0.15) is 19.8 Å². The summed E-state index contributed by atoms with van der Waals surface area (Å²) in [4.78, 5) is 26.0. The molecular formula is C9H15ClN2O3. The number of aliphatic imine (C=N–C) groups is 1. The van der Waals surface area contributed by atoms with Crippen molar-refractivity contribution in [2.24, 2.45) is 4.99 Å². The highest BCUT2D eigenvalue weighted by Gasteiger charge is 2.18. The third kappa shape index (κ3) is 6.06. The Hall–Kier alpha value is -1.10. The minimum atomic E-state index is -0.993. The second-order valence-corrected chi connectivity index (χ2v) is 3.01. The Morgan fingerprint density at radius 2 is 2.27 bits per heavy atom. The Labute approximate surface area is 93.8 Å².